The number of hydrogen-bond donors (Lipinski definition) is 2. The third-order valence-corrected chi connectivity index (χ3v) is 15.3. The van der Waals surface area contributed by atoms with E-state index in [2.05, 4.69) is 27.4 Å². The van der Waals surface area contributed by atoms with Crippen LogP contribution in [0.5, 0.6) is 0 Å². The van der Waals surface area contributed by atoms with Gasteiger partial charge in [-0.1, -0.05) is 46.8 Å². The van der Waals surface area contributed by atoms with Crippen LogP contribution < -0.4 is 0 Å². The highest BCUT2D eigenvalue weighted by atomic mass is 19.4. The fraction of sp³-hybridized carbons (Fsp3) is 0.861. The topological polar surface area (TPSA) is 101 Å². The summed E-state index contributed by atoms with van der Waals surface area (Å²) in [7, 11) is 0. The first-order chi connectivity index (χ1) is 21.1. The molecule has 5 fully saturated rings. The highest BCUT2D eigenvalue weighted by molar-refractivity contribution is 5.83. The minimum absolute atomic E-state index is 0.0530. The Hall–Kier alpha value is -2.13. The Labute approximate surface area is 270 Å². The molecule has 0 aromatic heterocycles. The number of ether oxygens (including phenoxy) is 1. The molecule has 10 heteroatoms. The van der Waals surface area contributed by atoms with Crippen LogP contribution in [0.2, 0.25) is 0 Å². The van der Waals surface area contributed by atoms with E-state index >= 15 is 0 Å². The fourth-order valence-corrected chi connectivity index (χ4v) is 12.6. The molecule has 0 bridgehead atoms. The first kappa shape index (κ1) is 35.2. The molecule has 5 aliphatic carbocycles. The summed E-state index contributed by atoms with van der Waals surface area (Å²) in [5.74, 6) is -3.48. The molecule has 0 heterocycles. The van der Waals surface area contributed by atoms with Crippen molar-refractivity contribution in [2.24, 2.45) is 62.1 Å². The van der Waals surface area contributed by atoms with Crippen LogP contribution in [-0.2, 0) is 19.1 Å². The summed E-state index contributed by atoms with van der Waals surface area (Å²) in [6.45, 7) is 15.2. The number of carbonyl (C=O) groups is 3. The van der Waals surface area contributed by atoms with Gasteiger partial charge < -0.3 is 14.9 Å². The lowest BCUT2D eigenvalue weighted by molar-refractivity contribution is -0.254. The summed E-state index contributed by atoms with van der Waals surface area (Å²) in [6, 6.07) is 0. The molecule has 6 nitrogen and oxygen atoms in total. The number of carboxylic acids is 2. The van der Waals surface area contributed by atoms with Gasteiger partial charge in [0.05, 0.1) is 11.8 Å². The maximum absolute atomic E-state index is 13.7. The molecule has 5 saturated carbocycles. The van der Waals surface area contributed by atoms with Gasteiger partial charge in [-0.05, 0) is 117 Å². The lowest BCUT2D eigenvalue weighted by atomic mass is 9.32. The number of fused-ring (bicyclic) bond motifs is 7. The number of halogens is 4. The standard InChI is InChI=1S/C36H52F4O6/c1-20(2)21-10-15-34(28(42)43)17-16-32(6)22(27(21)34)8-9-24-31(5)13-12-25(30(3,4)23(31)11-14-33(24,32)7)46-26(41)18-35(19-37,29(44)45)36(38,39)40/h21-25,27H,1,8-19H2,2-7H3,(H,42,43)(H,44,45)/t21-,22?,23?,24?,25?,27?,31+,32+,33-,34?,35?/m1/s1. The van der Waals surface area contributed by atoms with Crippen molar-refractivity contribution in [2.45, 2.75) is 124 Å². The summed E-state index contributed by atoms with van der Waals surface area (Å²) >= 11 is 0. The zero-order chi connectivity index (χ0) is 34.5. The van der Waals surface area contributed by atoms with E-state index in [1.54, 1.807) is 0 Å². The van der Waals surface area contributed by atoms with Crippen molar-refractivity contribution in [1.29, 1.82) is 0 Å². The normalized spacial score (nSPS) is 44.4. The third-order valence-electron chi connectivity index (χ3n) is 15.3. The van der Waals surface area contributed by atoms with E-state index in [1.807, 2.05) is 20.8 Å². The van der Waals surface area contributed by atoms with E-state index in [9.17, 15) is 42.2 Å². The molecule has 0 aliphatic heterocycles. The molecule has 0 aromatic rings. The van der Waals surface area contributed by atoms with E-state index in [-0.39, 0.29) is 39.9 Å². The maximum Gasteiger partial charge on any atom is 0.408 e. The number of carbonyl (C=O) groups excluding carboxylic acids is 1. The summed E-state index contributed by atoms with van der Waals surface area (Å²) in [5.41, 5.74) is -4.33. The number of esters is 1. The molecule has 7 unspecified atom stereocenters. The number of aliphatic carboxylic acids is 2. The predicted octanol–water partition coefficient (Wildman–Crippen LogP) is 8.63. The Morgan fingerprint density at radius 2 is 1.50 bits per heavy atom. The lowest BCUT2D eigenvalue weighted by Gasteiger charge is -2.72. The van der Waals surface area contributed by atoms with Crippen LogP contribution >= 0.6 is 0 Å². The van der Waals surface area contributed by atoms with Crippen LogP contribution in [0, 0.1) is 62.1 Å². The predicted molar refractivity (Wildman–Crippen MR) is 163 cm³/mol. The molecule has 46 heavy (non-hydrogen) atoms. The van der Waals surface area contributed by atoms with Gasteiger partial charge in [0.15, 0.2) is 0 Å². The monoisotopic (exact) mass is 656 g/mol. The number of hydrogen-bond acceptors (Lipinski definition) is 4. The molecule has 5 aliphatic rings. The molecule has 2 N–H and O–H groups in total. The third kappa shape index (κ3) is 4.56. The molecule has 5 rings (SSSR count). The quantitative estimate of drug-likeness (QED) is 0.162. The smallest absolute Gasteiger partial charge is 0.408 e. The van der Waals surface area contributed by atoms with Crippen molar-refractivity contribution in [3.8, 4) is 0 Å². The van der Waals surface area contributed by atoms with E-state index < -0.39 is 59.5 Å². The van der Waals surface area contributed by atoms with Crippen LogP contribution in [0.4, 0.5) is 17.6 Å². The second-order valence-electron chi connectivity index (χ2n) is 17.2. The summed E-state index contributed by atoms with van der Waals surface area (Å²) in [5, 5.41) is 19.9. The Morgan fingerprint density at radius 1 is 0.848 bits per heavy atom. The lowest BCUT2D eigenvalue weighted by Crippen LogP contribution is -2.67. The number of alkyl halides is 4. The number of rotatable bonds is 7. The van der Waals surface area contributed by atoms with Crippen LogP contribution in [0.15, 0.2) is 12.2 Å². The Balaban J connectivity index is 1.41. The van der Waals surface area contributed by atoms with Crippen LogP contribution in [-0.4, -0.2) is 47.1 Å². The van der Waals surface area contributed by atoms with Gasteiger partial charge in [0.1, 0.15) is 12.8 Å². The van der Waals surface area contributed by atoms with Gasteiger partial charge in [0, 0.05) is 5.41 Å². The van der Waals surface area contributed by atoms with E-state index in [0.29, 0.717) is 31.6 Å². The van der Waals surface area contributed by atoms with Crippen LogP contribution in [0.25, 0.3) is 0 Å². The van der Waals surface area contributed by atoms with Crippen molar-refractivity contribution < 1.29 is 46.9 Å². The largest absolute Gasteiger partial charge is 0.481 e. The second kappa shape index (κ2) is 10.9. The molecule has 0 radical (unpaired) electrons. The first-order valence-corrected chi connectivity index (χ1v) is 17.0. The van der Waals surface area contributed by atoms with Gasteiger partial charge in [-0.3, -0.25) is 14.4 Å². The summed E-state index contributed by atoms with van der Waals surface area (Å²) in [4.78, 5) is 37.3. The zero-order valence-electron chi connectivity index (χ0n) is 28.2. The second-order valence-corrected chi connectivity index (χ2v) is 17.2. The van der Waals surface area contributed by atoms with Gasteiger partial charge >= 0.3 is 24.1 Å². The van der Waals surface area contributed by atoms with Crippen molar-refractivity contribution in [3.63, 3.8) is 0 Å². The number of carboxylic acid groups (broad SMARTS) is 2. The van der Waals surface area contributed by atoms with E-state index in [0.717, 1.165) is 44.1 Å². The van der Waals surface area contributed by atoms with Crippen LogP contribution in [0.3, 0.4) is 0 Å². The SMILES string of the molecule is C=C(C)[C@H]1CCC2(C(=O)O)CC[C@@]3(C)C(CCC4[C@@]5(C)CCC(OC(=O)CC(CF)(C(=O)O)C(F)(F)F)C(C)(C)C5CC[C@]43C)C12. The highest BCUT2D eigenvalue weighted by Gasteiger charge is 2.72. The summed E-state index contributed by atoms with van der Waals surface area (Å²) in [6.07, 6.45) is 0.0774. The average Bonchev–Trinajstić information content (AvgIpc) is 3.34. The maximum atomic E-state index is 13.7. The van der Waals surface area contributed by atoms with Gasteiger partial charge in [-0.25, -0.2) is 4.39 Å². The van der Waals surface area contributed by atoms with Crippen LogP contribution in [0.1, 0.15) is 112 Å². The van der Waals surface area contributed by atoms with E-state index in [1.165, 1.54) is 0 Å². The van der Waals surface area contributed by atoms with Gasteiger partial charge in [0.2, 0.25) is 5.41 Å². The molecule has 11 atom stereocenters. The highest BCUT2D eigenvalue weighted by Crippen LogP contribution is 2.77. The average molecular weight is 657 g/mol. The Kier molecular flexibility index (Phi) is 8.37. The molecule has 0 spiro atoms. The minimum atomic E-state index is -5.46. The van der Waals surface area contributed by atoms with Gasteiger partial charge in [-0.15, -0.1) is 0 Å². The molecular weight excluding hydrogens is 604 g/mol. The Bertz CT molecular complexity index is 1300. The van der Waals surface area contributed by atoms with Crippen molar-refractivity contribution in [2.75, 3.05) is 6.67 Å². The number of allylic oxidation sites excluding steroid dienone is 1. The van der Waals surface area contributed by atoms with Crippen molar-refractivity contribution in [3.05, 3.63) is 12.2 Å². The minimum Gasteiger partial charge on any atom is -0.481 e. The molecule has 260 valence electrons. The van der Waals surface area contributed by atoms with E-state index in [4.69, 9.17) is 4.74 Å². The fourth-order valence-electron chi connectivity index (χ4n) is 12.6. The molecule has 0 amide bonds. The molecule has 0 aromatic carbocycles. The molecule has 0 saturated heterocycles. The first-order valence-electron chi connectivity index (χ1n) is 17.0. The van der Waals surface area contributed by atoms with Gasteiger partial charge in [-0.2, -0.15) is 13.2 Å². The van der Waals surface area contributed by atoms with Gasteiger partial charge in [0.25, 0.3) is 0 Å². The Morgan fingerprint density at radius 3 is 2.04 bits per heavy atom. The zero-order valence-corrected chi connectivity index (χ0v) is 28.2. The van der Waals surface area contributed by atoms with Crippen molar-refractivity contribution >= 4 is 17.9 Å². The molecular formula is C36H52F4O6. The summed E-state index contributed by atoms with van der Waals surface area (Å²) < 4.78 is 60.3. The van der Waals surface area contributed by atoms with Crippen molar-refractivity contribution in [1.82, 2.24) is 0 Å².